The van der Waals surface area contributed by atoms with Crippen molar-refractivity contribution in [3.63, 3.8) is 0 Å². The molecular weight excluding hydrogens is 333 g/mol. The van der Waals surface area contributed by atoms with Crippen molar-refractivity contribution in [2.24, 2.45) is 11.8 Å². The van der Waals surface area contributed by atoms with Crippen molar-refractivity contribution >= 4 is 5.97 Å². The average molecular weight is 352 g/mol. The lowest BCUT2D eigenvalue weighted by atomic mass is 10.1. The van der Waals surface area contributed by atoms with E-state index in [9.17, 15) is 18.0 Å². The number of hydrogen-bond donors (Lipinski definition) is 0. The first-order chi connectivity index (χ1) is 11.7. The second-order valence-electron chi connectivity index (χ2n) is 6.51. The van der Waals surface area contributed by atoms with Gasteiger partial charge in [0.2, 0.25) is 6.10 Å². The molecule has 0 amide bonds. The van der Waals surface area contributed by atoms with E-state index in [1.54, 1.807) is 31.2 Å². The highest BCUT2D eigenvalue weighted by Gasteiger charge is 2.50. The van der Waals surface area contributed by atoms with Gasteiger partial charge in [0.1, 0.15) is 0 Å². The number of alkyl halides is 3. The van der Waals surface area contributed by atoms with Crippen LogP contribution in [0, 0.1) is 25.7 Å². The van der Waals surface area contributed by atoms with Crippen LogP contribution < -0.4 is 0 Å². The van der Waals surface area contributed by atoms with Crippen LogP contribution in [0.2, 0.25) is 0 Å². The molecule has 0 bridgehead atoms. The van der Waals surface area contributed by atoms with Crippen LogP contribution in [0.25, 0.3) is 5.69 Å². The van der Waals surface area contributed by atoms with E-state index in [1.165, 1.54) is 11.6 Å². The van der Waals surface area contributed by atoms with E-state index in [4.69, 9.17) is 4.74 Å². The lowest BCUT2D eigenvalue weighted by Crippen LogP contribution is -2.28. The number of carbonyl (C=O) groups is 1. The van der Waals surface area contributed by atoms with Crippen molar-refractivity contribution in [3.05, 3.63) is 47.3 Å². The van der Waals surface area contributed by atoms with Crippen LogP contribution in [-0.2, 0) is 9.53 Å². The monoisotopic (exact) mass is 352 g/mol. The van der Waals surface area contributed by atoms with Crippen molar-refractivity contribution in [1.29, 1.82) is 0 Å². The van der Waals surface area contributed by atoms with Crippen LogP contribution in [0.3, 0.4) is 0 Å². The Kier molecular flexibility index (Phi) is 4.34. The first kappa shape index (κ1) is 17.5. The minimum Gasteiger partial charge on any atom is -0.447 e. The summed E-state index contributed by atoms with van der Waals surface area (Å²) in [5.41, 5.74) is 1.05. The Balaban J connectivity index is 1.99. The first-order valence-electron chi connectivity index (χ1n) is 8.09. The fourth-order valence-electron chi connectivity index (χ4n) is 3.00. The Bertz CT molecular complexity index is 784. The molecule has 3 atom stereocenters. The molecule has 1 aromatic heterocycles. The van der Waals surface area contributed by atoms with Crippen molar-refractivity contribution < 1.29 is 22.7 Å². The topological polar surface area (TPSA) is 44.1 Å². The first-order valence-corrected chi connectivity index (χ1v) is 8.09. The Labute approximate surface area is 143 Å². The Morgan fingerprint density at radius 1 is 1.28 bits per heavy atom. The van der Waals surface area contributed by atoms with Gasteiger partial charge in [0.25, 0.3) is 0 Å². The van der Waals surface area contributed by atoms with Crippen LogP contribution in [-0.4, -0.2) is 21.9 Å². The van der Waals surface area contributed by atoms with Gasteiger partial charge in [-0.15, -0.1) is 0 Å². The molecule has 7 heteroatoms. The second kappa shape index (κ2) is 6.20. The van der Waals surface area contributed by atoms with Gasteiger partial charge < -0.3 is 4.74 Å². The van der Waals surface area contributed by atoms with E-state index in [0.29, 0.717) is 17.8 Å². The van der Waals surface area contributed by atoms with E-state index in [2.05, 4.69) is 5.10 Å². The SMILES string of the molecule is Cc1nn(-c2ccccc2)c(C)c1C(OC(=O)C1CC1C)C(F)(F)F. The van der Waals surface area contributed by atoms with Crippen molar-refractivity contribution in [2.75, 3.05) is 0 Å². The third-order valence-corrected chi connectivity index (χ3v) is 4.55. The minimum atomic E-state index is -4.70. The largest absolute Gasteiger partial charge is 0.447 e. The molecule has 0 aliphatic heterocycles. The molecule has 3 unspecified atom stereocenters. The fraction of sp³-hybridized carbons (Fsp3) is 0.444. The molecule has 0 spiro atoms. The van der Waals surface area contributed by atoms with Gasteiger partial charge in [0, 0.05) is 11.3 Å². The molecule has 4 nitrogen and oxygen atoms in total. The standard InChI is InChI=1S/C18H19F3N2O2/c1-10-9-14(10)17(24)25-16(18(19,20)21)15-11(2)22-23(12(15)3)13-7-5-4-6-8-13/h4-8,10,14,16H,9H2,1-3H3. The maximum Gasteiger partial charge on any atom is 0.429 e. The number of benzene rings is 1. The van der Waals surface area contributed by atoms with Gasteiger partial charge in [-0.05, 0) is 38.3 Å². The summed E-state index contributed by atoms with van der Waals surface area (Å²) in [5, 5.41) is 4.22. The summed E-state index contributed by atoms with van der Waals surface area (Å²) in [6.07, 6.45) is -6.43. The predicted molar refractivity (Wildman–Crippen MR) is 85.2 cm³/mol. The molecule has 2 aromatic rings. The molecule has 25 heavy (non-hydrogen) atoms. The molecule has 1 aromatic carbocycles. The lowest BCUT2D eigenvalue weighted by molar-refractivity contribution is -0.225. The summed E-state index contributed by atoms with van der Waals surface area (Å²) in [6, 6.07) is 8.88. The number of halogens is 3. The quantitative estimate of drug-likeness (QED) is 0.771. The van der Waals surface area contributed by atoms with E-state index in [-0.39, 0.29) is 17.2 Å². The molecule has 1 fully saturated rings. The zero-order valence-electron chi connectivity index (χ0n) is 14.2. The van der Waals surface area contributed by atoms with E-state index in [0.717, 1.165) is 0 Å². The van der Waals surface area contributed by atoms with Gasteiger partial charge in [-0.1, -0.05) is 25.1 Å². The number of carbonyl (C=O) groups excluding carboxylic acids is 1. The van der Waals surface area contributed by atoms with Gasteiger partial charge in [-0.25, -0.2) is 4.68 Å². The average Bonchev–Trinajstić information content (AvgIpc) is 3.21. The molecule has 134 valence electrons. The number of nitrogens with zero attached hydrogens (tertiary/aromatic N) is 2. The molecule has 0 N–H and O–H groups in total. The van der Waals surface area contributed by atoms with Crippen molar-refractivity contribution in [3.8, 4) is 5.69 Å². The maximum absolute atomic E-state index is 13.6. The number of esters is 1. The summed E-state index contributed by atoms with van der Waals surface area (Å²) in [4.78, 5) is 12.0. The Morgan fingerprint density at radius 2 is 1.88 bits per heavy atom. The third-order valence-electron chi connectivity index (χ3n) is 4.55. The van der Waals surface area contributed by atoms with E-state index >= 15 is 0 Å². The van der Waals surface area contributed by atoms with Gasteiger partial charge in [-0.2, -0.15) is 18.3 Å². The number of aryl methyl sites for hydroxylation is 1. The van der Waals surface area contributed by atoms with E-state index < -0.39 is 24.2 Å². The van der Waals surface area contributed by atoms with Gasteiger partial charge in [0.05, 0.1) is 17.3 Å². The molecular formula is C18H19F3N2O2. The summed E-state index contributed by atoms with van der Waals surface area (Å²) >= 11 is 0. The summed E-state index contributed by atoms with van der Waals surface area (Å²) in [6.45, 7) is 4.86. The summed E-state index contributed by atoms with van der Waals surface area (Å²) in [7, 11) is 0. The Morgan fingerprint density at radius 3 is 2.40 bits per heavy atom. The molecule has 0 saturated heterocycles. The minimum absolute atomic E-state index is 0.0793. The van der Waals surface area contributed by atoms with Crippen molar-refractivity contribution in [2.45, 2.75) is 39.5 Å². The van der Waals surface area contributed by atoms with Gasteiger partial charge >= 0.3 is 12.1 Å². The van der Waals surface area contributed by atoms with E-state index in [1.807, 2.05) is 13.0 Å². The molecule has 1 aliphatic rings. The zero-order chi connectivity index (χ0) is 18.4. The number of rotatable bonds is 4. The summed E-state index contributed by atoms with van der Waals surface area (Å²) < 4.78 is 47.1. The number of ether oxygens (including phenoxy) is 1. The normalized spacial score (nSPS) is 21.0. The number of aromatic nitrogens is 2. The predicted octanol–water partition coefficient (Wildman–Crippen LogP) is 4.29. The van der Waals surface area contributed by atoms with Crippen LogP contribution in [0.5, 0.6) is 0 Å². The molecule has 1 aliphatic carbocycles. The van der Waals surface area contributed by atoms with Gasteiger partial charge in [-0.3, -0.25) is 4.79 Å². The second-order valence-corrected chi connectivity index (χ2v) is 6.51. The Hall–Kier alpha value is -2.31. The van der Waals surface area contributed by atoms with Crippen molar-refractivity contribution in [1.82, 2.24) is 9.78 Å². The smallest absolute Gasteiger partial charge is 0.429 e. The molecule has 1 saturated carbocycles. The fourth-order valence-corrected chi connectivity index (χ4v) is 3.00. The zero-order valence-corrected chi connectivity index (χ0v) is 14.2. The summed E-state index contributed by atoms with van der Waals surface area (Å²) in [5.74, 6) is -1.15. The van der Waals surface area contributed by atoms with Gasteiger partial charge in [0.15, 0.2) is 0 Å². The molecule has 1 heterocycles. The molecule has 3 rings (SSSR count). The number of hydrogen-bond acceptors (Lipinski definition) is 3. The van der Waals surface area contributed by atoms with Crippen LogP contribution in [0.1, 0.15) is 36.4 Å². The molecule has 0 radical (unpaired) electrons. The maximum atomic E-state index is 13.6. The number of para-hydroxylation sites is 1. The third kappa shape index (κ3) is 3.41. The highest BCUT2D eigenvalue weighted by Crippen LogP contribution is 2.44. The van der Waals surface area contributed by atoms with Crippen LogP contribution >= 0.6 is 0 Å². The highest BCUT2D eigenvalue weighted by molar-refractivity contribution is 5.76. The lowest BCUT2D eigenvalue weighted by Gasteiger charge is -2.21. The highest BCUT2D eigenvalue weighted by atomic mass is 19.4. The van der Waals surface area contributed by atoms with Crippen LogP contribution in [0.15, 0.2) is 30.3 Å². The van der Waals surface area contributed by atoms with Crippen LogP contribution in [0.4, 0.5) is 13.2 Å².